The van der Waals surface area contributed by atoms with Crippen molar-refractivity contribution in [1.82, 2.24) is 4.90 Å². The van der Waals surface area contributed by atoms with Crippen LogP contribution in [0.5, 0.6) is 0 Å². The summed E-state index contributed by atoms with van der Waals surface area (Å²) in [5.74, 6) is 3.86. The second kappa shape index (κ2) is 5.64. The Hall–Kier alpha value is -1.02. The van der Waals surface area contributed by atoms with Gasteiger partial charge in [0.25, 0.3) is 0 Å². The van der Waals surface area contributed by atoms with Crippen molar-refractivity contribution in [2.75, 3.05) is 32.0 Å². The summed E-state index contributed by atoms with van der Waals surface area (Å²) in [6, 6.07) is 8.83. The highest BCUT2D eigenvalue weighted by Crippen LogP contribution is 2.48. The highest BCUT2D eigenvalue weighted by atomic mass is 15.1. The minimum absolute atomic E-state index is 0.712. The molecule has 0 aromatic heterocycles. The first-order valence-corrected chi connectivity index (χ1v) is 8.81. The molecule has 1 heterocycles. The van der Waals surface area contributed by atoms with E-state index in [2.05, 4.69) is 41.5 Å². The molecule has 1 aromatic carbocycles. The van der Waals surface area contributed by atoms with Crippen molar-refractivity contribution in [3.05, 3.63) is 29.8 Å². The van der Waals surface area contributed by atoms with Crippen LogP contribution in [0.25, 0.3) is 0 Å². The highest BCUT2D eigenvalue weighted by molar-refractivity contribution is 5.57. The molecule has 1 aliphatic heterocycles. The van der Waals surface area contributed by atoms with Gasteiger partial charge >= 0.3 is 0 Å². The summed E-state index contributed by atoms with van der Waals surface area (Å²) >= 11 is 0. The zero-order valence-electron chi connectivity index (χ0n) is 13.2. The third-order valence-electron chi connectivity index (χ3n) is 6.23. The molecule has 1 N–H and O–H groups in total. The van der Waals surface area contributed by atoms with Crippen molar-refractivity contribution in [2.45, 2.75) is 38.0 Å². The van der Waals surface area contributed by atoms with E-state index < -0.39 is 0 Å². The first kappa shape index (κ1) is 13.6. The molecule has 1 aromatic rings. The average molecular weight is 284 g/mol. The Morgan fingerprint density at radius 2 is 2.10 bits per heavy atom. The van der Waals surface area contributed by atoms with Crippen LogP contribution in [0.4, 0.5) is 5.69 Å². The molecule has 4 atom stereocenters. The second-order valence-electron chi connectivity index (χ2n) is 7.65. The van der Waals surface area contributed by atoms with Gasteiger partial charge in [-0.2, -0.15) is 0 Å². The Kier molecular flexibility index (Phi) is 3.66. The topological polar surface area (TPSA) is 15.3 Å². The molecular weight excluding hydrogens is 256 g/mol. The van der Waals surface area contributed by atoms with Crippen LogP contribution in [0.15, 0.2) is 24.3 Å². The minimum atomic E-state index is 0.712. The smallest absolute Gasteiger partial charge is 0.0376 e. The predicted octanol–water partition coefficient (Wildman–Crippen LogP) is 3.95. The third-order valence-corrected chi connectivity index (χ3v) is 6.23. The van der Waals surface area contributed by atoms with Crippen LogP contribution < -0.4 is 5.32 Å². The van der Waals surface area contributed by atoms with E-state index in [1.165, 1.54) is 50.0 Å². The highest BCUT2D eigenvalue weighted by Gasteiger charge is 2.39. The molecule has 0 amide bonds. The van der Waals surface area contributed by atoms with Crippen molar-refractivity contribution < 1.29 is 0 Å². The molecule has 2 aliphatic carbocycles. The van der Waals surface area contributed by atoms with Crippen LogP contribution >= 0.6 is 0 Å². The van der Waals surface area contributed by atoms with Crippen LogP contribution in [0, 0.1) is 17.8 Å². The summed E-state index contributed by atoms with van der Waals surface area (Å²) in [7, 11) is 2.33. The van der Waals surface area contributed by atoms with E-state index in [0.717, 1.165) is 24.3 Å². The monoisotopic (exact) mass is 284 g/mol. The van der Waals surface area contributed by atoms with Gasteiger partial charge in [-0.1, -0.05) is 24.6 Å². The Morgan fingerprint density at radius 1 is 1.19 bits per heavy atom. The lowest BCUT2D eigenvalue weighted by Crippen LogP contribution is -2.30. The number of nitrogens with one attached hydrogen (secondary N) is 1. The van der Waals surface area contributed by atoms with E-state index in [0.29, 0.717) is 5.92 Å². The number of para-hydroxylation sites is 1. The molecule has 0 saturated heterocycles. The summed E-state index contributed by atoms with van der Waals surface area (Å²) in [5.41, 5.74) is 2.89. The molecule has 4 rings (SSSR count). The zero-order valence-corrected chi connectivity index (χ0v) is 13.2. The van der Waals surface area contributed by atoms with Crippen molar-refractivity contribution in [3.63, 3.8) is 0 Å². The Balaban J connectivity index is 1.27. The molecule has 2 saturated carbocycles. The molecule has 2 nitrogen and oxygen atoms in total. The number of rotatable bonds is 5. The molecular formula is C19H28N2. The fourth-order valence-corrected chi connectivity index (χ4v) is 5.08. The Labute approximate surface area is 128 Å². The maximum Gasteiger partial charge on any atom is 0.0376 e. The van der Waals surface area contributed by atoms with Crippen molar-refractivity contribution in [2.24, 2.45) is 17.8 Å². The number of fused-ring (bicyclic) bond motifs is 3. The minimum Gasteiger partial charge on any atom is -0.384 e. The SMILES string of the molecule is CN(CCC1CNc2ccccc21)CC1CC2CCC1C2. The van der Waals surface area contributed by atoms with E-state index >= 15 is 0 Å². The van der Waals surface area contributed by atoms with E-state index in [1.54, 1.807) is 6.42 Å². The van der Waals surface area contributed by atoms with Crippen molar-refractivity contribution in [1.29, 1.82) is 0 Å². The lowest BCUT2D eigenvalue weighted by molar-refractivity contribution is 0.215. The van der Waals surface area contributed by atoms with Gasteiger partial charge in [0.2, 0.25) is 0 Å². The predicted molar refractivity (Wildman–Crippen MR) is 88.7 cm³/mol. The molecule has 3 aliphatic rings. The van der Waals surface area contributed by atoms with Gasteiger partial charge < -0.3 is 10.2 Å². The molecule has 2 bridgehead atoms. The maximum atomic E-state index is 3.55. The van der Waals surface area contributed by atoms with E-state index in [-0.39, 0.29) is 0 Å². The van der Waals surface area contributed by atoms with Gasteiger partial charge in [0.05, 0.1) is 0 Å². The van der Waals surface area contributed by atoms with Crippen LogP contribution in [0.1, 0.15) is 43.6 Å². The van der Waals surface area contributed by atoms with Gasteiger partial charge in [-0.05, 0) is 68.7 Å². The fourth-order valence-electron chi connectivity index (χ4n) is 5.08. The van der Waals surface area contributed by atoms with Crippen LogP contribution in [-0.4, -0.2) is 31.6 Å². The molecule has 0 radical (unpaired) electrons. The van der Waals surface area contributed by atoms with Gasteiger partial charge in [0.15, 0.2) is 0 Å². The van der Waals surface area contributed by atoms with Crippen LogP contribution in [0.3, 0.4) is 0 Å². The normalized spacial score (nSPS) is 33.4. The molecule has 114 valence electrons. The quantitative estimate of drug-likeness (QED) is 0.880. The number of hydrogen-bond donors (Lipinski definition) is 1. The van der Waals surface area contributed by atoms with Crippen LogP contribution in [-0.2, 0) is 0 Å². The lowest BCUT2D eigenvalue weighted by atomic mass is 9.88. The van der Waals surface area contributed by atoms with Gasteiger partial charge in [-0.3, -0.25) is 0 Å². The number of benzene rings is 1. The molecule has 0 spiro atoms. The molecule has 21 heavy (non-hydrogen) atoms. The fraction of sp³-hybridized carbons (Fsp3) is 0.684. The number of nitrogens with zero attached hydrogens (tertiary/aromatic N) is 1. The number of hydrogen-bond acceptors (Lipinski definition) is 2. The molecule has 2 fully saturated rings. The summed E-state index contributed by atoms with van der Waals surface area (Å²) in [6.07, 6.45) is 7.39. The van der Waals surface area contributed by atoms with Gasteiger partial charge in [-0.15, -0.1) is 0 Å². The molecule has 2 heteroatoms. The summed E-state index contributed by atoms with van der Waals surface area (Å²) in [6.45, 7) is 3.71. The standard InChI is InChI=1S/C19H28N2/c1-21(13-17-11-14-6-7-15(17)10-14)9-8-16-12-20-19-5-3-2-4-18(16)19/h2-5,14-17,20H,6-13H2,1H3. The van der Waals surface area contributed by atoms with Gasteiger partial charge in [0.1, 0.15) is 0 Å². The van der Waals surface area contributed by atoms with Gasteiger partial charge in [0, 0.05) is 24.7 Å². The number of anilines is 1. The van der Waals surface area contributed by atoms with Crippen LogP contribution in [0.2, 0.25) is 0 Å². The van der Waals surface area contributed by atoms with E-state index in [4.69, 9.17) is 0 Å². The zero-order chi connectivity index (χ0) is 14.2. The first-order valence-electron chi connectivity index (χ1n) is 8.81. The average Bonchev–Trinajstić information content (AvgIpc) is 3.20. The van der Waals surface area contributed by atoms with Gasteiger partial charge in [-0.25, -0.2) is 0 Å². The Morgan fingerprint density at radius 3 is 2.90 bits per heavy atom. The third kappa shape index (κ3) is 2.70. The maximum absolute atomic E-state index is 3.55. The second-order valence-corrected chi connectivity index (χ2v) is 7.65. The van der Waals surface area contributed by atoms with E-state index in [9.17, 15) is 0 Å². The lowest BCUT2D eigenvalue weighted by Gasteiger charge is -2.27. The first-order chi connectivity index (χ1) is 10.3. The summed E-state index contributed by atoms with van der Waals surface area (Å²) < 4.78 is 0. The van der Waals surface area contributed by atoms with E-state index in [1.807, 2.05) is 0 Å². The summed E-state index contributed by atoms with van der Waals surface area (Å²) in [5, 5.41) is 3.55. The summed E-state index contributed by atoms with van der Waals surface area (Å²) in [4.78, 5) is 2.60. The van der Waals surface area contributed by atoms with Crippen molar-refractivity contribution >= 4 is 5.69 Å². The molecule has 4 unspecified atom stereocenters. The van der Waals surface area contributed by atoms with Crippen molar-refractivity contribution in [3.8, 4) is 0 Å². The Bertz CT molecular complexity index is 498. The largest absolute Gasteiger partial charge is 0.384 e.